The van der Waals surface area contributed by atoms with E-state index < -0.39 is 8.03 Å². The van der Waals surface area contributed by atoms with Crippen LogP contribution in [-0.4, -0.2) is 36.5 Å². The normalized spacial score (nSPS) is 11.3. The lowest BCUT2D eigenvalue weighted by atomic mass is 10.3. The van der Waals surface area contributed by atoms with Crippen molar-refractivity contribution >= 4 is 37.0 Å². The summed E-state index contributed by atoms with van der Waals surface area (Å²) in [6.45, 7) is 1.70. The number of amides is 1. The molecule has 1 N–H and O–H groups in total. The molecule has 4 nitrogen and oxygen atoms in total. The van der Waals surface area contributed by atoms with Gasteiger partial charge in [-0.25, -0.2) is 0 Å². The first-order chi connectivity index (χ1) is 7.18. The number of carbonyl (C=O) groups excluding carboxylic acids is 1. The quantitative estimate of drug-likeness (QED) is 0.631. The van der Waals surface area contributed by atoms with Gasteiger partial charge in [-0.15, -0.1) is 0 Å². The van der Waals surface area contributed by atoms with E-state index in [2.05, 4.69) is 5.32 Å². The fourth-order valence-corrected chi connectivity index (χ4v) is 1.42. The molecule has 6 heteroatoms. The smallest absolute Gasteiger partial charge is 0.226 e. The third-order valence-electron chi connectivity index (χ3n) is 1.69. The number of carbonyl (C=O) groups is 1. The van der Waals surface area contributed by atoms with E-state index in [0.717, 1.165) is 5.69 Å². The molecule has 0 aliphatic rings. The second-order valence-corrected chi connectivity index (χ2v) is 4.28. The summed E-state index contributed by atoms with van der Waals surface area (Å²) in [6.07, 6.45) is 0.221. The molecule has 1 unspecified atom stereocenters. The summed E-state index contributed by atoms with van der Waals surface area (Å²) in [5, 5.41) is 2.71. The topological polar surface area (TPSA) is 55.4 Å². The highest BCUT2D eigenvalue weighted by molar-refractivity contribution is 7.38. The Morgan fingerprint density at radius 1 is 1.38 bits per heavy atom. The van der Waals surface area contributed by atoms with Gasteiger partial charge in [0.05, 0.1) is 13.0 Å². The van der Waals surface area contributed by atoms with Crippen LogP contribution in [0.4, 0.5) is 5.69 Å². The molecule has 0 aliphatic carbocycles. The number of hydrogen-bond donors (Lipinski definition) is 1. The van der Waals surface area contributed by atoms with Crippen LogP contribution in [0.1, 0.15) is 6.42 Å². The fraction of sp³-hybridized carbons (Fsp3) is 0.300. The van der Waals surface area contributed by atoms with E-state index >= 15 is 0 Å². The van der Waals surface area contributed by atoms with E-state index in [1.165, 1.54) is 6.66 Å². The first kappa shape index (κ1) is 15.4. The van der Waals surface area contributed by atoms with Crippen molar-refractivity contribution in [1.82, 2.24) is 0 Å². The second-order valence-electron chi connectivity index (χ2n) is 3.00. The highest BCUT2D eigenvalue weighted by Gasteiger charge is 2.01. The van der Waals surface area contributed by atoms with Gasteiger partial charge >= 0.3 is 0 Å². The zero-order chi connectivity index (χ0) is 11.1. The molecule has 0 saturated carbocycles. The van der Waals surface area contributed by atoms with Crippen molar-refractivity contribution in [3.05, 3.63) is 30.3 Å². The summed E-state index contributed by atoms with van der Waals surface area (Å²) < 4.78 is 15.5. The van der Waals surface area contributed by atoms with Crippen LogP contribution in [0.15, 0.2) is 30.3 Å². The van der Waals surface area contributed by atoms with Crippen LogP contribution in [0.3, 0.4) is 0 Å². The van der Waals surface area contributed by atoms with Crippen LogP contribution in [0, 0.1) is 0 Å². The highest BCUT2D eigenvalue weighted by atomic mass is 31.1. The maximum atomic E-state index is 11.3. The maximum Gasteiger partial charge on any atom is 0.226 e. The Bertz CT molecular complexity index is 345. The monoisotopic (exact) mass is 257 g/mol. The molecule has 0 aromatic heterocycles. The third kappa shape index (κ3) is 6.82. The molecule has 1 aromatic carbocycles. The van der Waals surface area contributed by atoms with Gasteiger partial charge in [-0.1, -0.05) is 18.2 Å². The van der Waals surface area contributed by atoms with Crippen molar-refractivity contribution < 1.29 is 13.9 Å². The summed E-state index contributed by atoms with van der Waals surface area (Å²) in [7, 11) is -1.93. The van der Waals surface area contributed by atoms with Crippen LogP contribution in [-0.2, 0) is 13.9 Å². The summed E-state index contributed by atoms with van der Waals surface area (Å²) in [5.74, 6) is -0.135. The van der Waals surface area contributed by atoms with Crippen LogP contribution in [0.2, 0.25) is 0 Å². The SMILES string of the molecule is C[PH](=O)OCCC(=O)Nc1ccccc1.[AlH3]. The standard InChI is InChI=1S/C10H14NO3P.Al.3H/c1-15(13)14-8-7-10(12)11-9-5-3-2-4-6-9;;;;/h2-6,15H,7-8H2,1H3,(H,11,12);;;;. The van der Waals surface area contributed by atoms with Gasteiger partial charge in [0, 0.05) is 12.4 Å². The molecule has 1 atom stereocenters. The Kier molecular flexibility index (Phi) is 8.24. The minimum atomic E-state index is -1.93. The summed E-state index contributed by atoms with van der Waals surface area (Å²) in [4.78, 5) is 11.3. The molecule has 0 radical (unpaired) electrons. The van der Waals surface area contributed by atoms with Gasteiger partial charge in [-0.3, -0.25) is 9.36 Å². The van der Waals surface area contributed by atoms with Crippen molar-refractivity contribution in [3.63, 3.8) is 0 Å². The van der Waals surface area contributed by atoms with E-state index in [1.54, 1.807) is 12.1 Å². The van der Waals surface area contributed by atoms with Crippen LogP contribution in [0.5, 0.6) is 0 Å². The van der Waals surface area contributed by atoms with Gasteiger partial charge < -0.3 is 9.84 Å². The van der Waals surface area contributed by atoms with E-state index in [0.29, 0.717) is 0 Å². The molecule has 0 spiro atoms. The largest absolute Gasteiger partial charge is 0.330 e. The highest BCUT2D eigenvalue weighted by Crippen LogP contribution is 2.15. The molecule has 88 valence electrons. The number of anilines is 1. The average molecular weight is 257 g/mol. The van der Waals surface area contributed by atoms with Gasteiger partial charge in [0.1, 0.15) is 0 Å². The lowest BCUT2D eigenvalue weighted by Crippen LogP contribution is -2.13. The van der Waals surface area contributed by atoms with Gasteiger partial charge in [0.25, 0.3) is 0 Å². The zero-order valence-electron chi connectivity index (χ0n) is 8.53. The molecule has 16 heavy (non-hydrogen) atoms. The predicted molar refractivity (Wildman–Crippen MR) is 70.5 cm³/mol. The first-order valence-corrected chi connectivity index (χ1v) is 6.48. The molecule has 0 bridgehead atoms. The molecule has 0 saturated heterocycles. The summed E-state index contributed by atoms with van der Waals surface area (Å²) in [6, 6.07) is 9.18. The number of para-hydroxylation sites is 1. The molecule has 0 aliphatic heterocycles. The Hall–Kier alpha value is -0.588. The van der Waals surface area contributed by atoms with E-state index in [1.807, 2.05) is 18.2 Å². The number of rotatable bonds is 5. The lowest BCUT2D eigenvalue weighted by molar-refractivity contribution is -0.116. The minimum absolute atomic E-state index is 0. The van der Waals surface area contributed by atoms with E-state index in [4.69, 9.17) is 4.52 Å². The molecule has 1 aromatic rings. The average Bonchev–Trinajstić information content (AvgIpc) is 2.18. The maximum absolute atomic E-state index is 11.3. The Morgan fingerprint density at radius 3 is 2.56 bits per heavy atom. The van der Waals surface area contributed by atoms with Gasteiger partial charge in [-0.05, 0) is 12.1 Å². The first-order valence-electron chi connectivity index (χ1n) is 4.67. The fourth-order valence-electron chi connectivity index (χ4n) is 1.03. The van der Waals surface area contributed by atoms with Crippen molar-refractivity contribution in [2.24, 2.45) is 0 Å². The van der Waals surface area contributed by atoms with Crippen molar-refractivity contribution in [2.75, 3.05) is 18.6 Å². The minimum Gasteiger partial charge on any atom is -0.330 e. The lowest BCUT2D eigenvalue weighted by Gasteiger charge is -2.04. The van der Waals surface area contributed by atoms with Crippen LogP contribution in [0.25, 0.3) is 0 Å². The number of benzene rings is 1. The molecule has 0 heterocycles. The number of hydrogen-bond acceptors (Lipinski definition) is 3. The predicted octanol–water partition coefficient (Wildman–Crippen LogP) is 0.952. The summed E-state index contributed by atoms with van der Waals surface area (Å²) in [5.41, 5.74) is 0.756. The van der Waals surface area contributed by atoms with Crippen LogP contribution >= 0.6 is 8.03 Å². The van der Waals surface area contributed by atoms with E-state index in [-0.39, 0.29) is 36.3 Å². The van der Waals surface area contributed by atoms with Crippen LogP contribution < -0.4 is 5.32 Å². The molecule has 1 rings (SSSR count). The second kappa shape index (κ2) is 8.55. The molecular weight excluding hydrogens is 240 g/mol. The molecular formula is C10H17AlNO3P. The van der Waals surface area contributed by atoms with Crippen molar-refractivity contribution in [3.8, 4) is 0 Å². The zero-order valence-corrected chi connectivity index (χ0v) is 9.53. The van der Waals surface area contributed by atoms with E-state index in [9.17, 15) is 9.36 Å². The van der Waals surface area contributed by atoms with Gasteiger partial charge in [0.15, 0.2) is 25.4 Å². The number of nitrogens with one attached hydrogen (secondary N) is 1. The third-order valence-corrected chi connectivity index (χ3v) is 2.30. The molecule has 1 amide bonds. The van der Waals surface area contributed by atoms with Gasteiger partial charge in [-0.2, -0.15) is 0 Å². The Morgan fingerprint density at radius 2 is 2.00 bits per heavy atom. The van der Waals surface area contributed by atoms with Crippen molar-refractivity contribution in [2.45, 2.75) is 6.42 Å². The molecule has 0 fully saturated rings. The summed E-state index contributed by atoms with van der Waals surface area (Å²) >= 11 is 0. The Balaban J connectivity index is 0.00000225. The van der Waals surface area contributed by atoms with Gasteiger partial charge in [0.2, 0.25) is 5.91 Å². The van der Waals surface area contributed by atoms with Crippen molar-refractivity contribution in [1.29, 1.82) is 0 Å². The Labute approximate surface area is 106 Å².